The molecule has 1 amide bonds. The maximum absolute atomic E-state index is 12.6. The monoisotopic (exact) mass is 420 g/mol. The number of amides is 1. The molecule has 0 saturated carbocycles. The minimum Gasteiger partial charge on any atom is -0.486 e. The second-order valence-electron chi connectivity index (χ2n) is 8.20. The number of para-hydroxylation sites is 1. The van der Waals surface area contributed by atoms with Gasteiger partial charge >= 0.3 is 0 Å². The average molecular weight is 421 g/mol. The van der Waals surface area contributed by atoms with E-state index < -0.39 is 0 Å². The van der Waals surface area contributed by atoms with Crippen LogP contribution >= 0.6 is 0 Å². The maximum Gasteiger partial charge on any atom is 0.279 e. The minimum absolute atomic E-state index is 0.0238. The predicted molar refractivity (Wildman–Crippen MR) is 119 cm³/mol. The van der Waals surface area contributed by atoms with Gasteiger partial charge in [0, 0.05) is 30.8 Å². The number of aromatic nitrogens is 1. The summed E-state index contributed by atoms with van der Waals surface area (Å²) in [5.41, 5.74) is 4.33. The third-order valence-corrected chi connectivity index (χ3v) is 5.94. The number of H-pyrrole nitrogens is 1. The second kappa shape index (κ2) is 8.43. The molecule has 1 fully saturated rings. The number of carbonyl (C=O) groups excluding carboxylic acids is 1. The lowest BCUT2D eigenvalue weighted by atomic mass is 10.1. The predicted octanol–water partition coefficient (Wildman–Crippen LogP) is 1.08. The summed E-state index contributed by atoms with van der Waals surface area (Å²) in [6.45, 7) is 7.38. The second-order valence-corrected chi connectivity index (χ2v) is 8.20. The van der Waals surface area contributed by atoms with Crippen LogP contribution in [-0.2, 0) is 4.79 Å². The molecule has 1 aromatic heterocycles. The SMILES string of the molecule is Cc1cc(N2CC[NH+](CC(=O)Nc3ccc4c(c3)OCCO4)CC2)c2ccccc2[nH+]1. The molecule has 0 bridgehead atoms. The number of quaternary nitrogens is 1. The smallest absolute Gasteiger partial charge is 0.279 e. The highest BCUT2D eigenvalue weighted by Crippen LogP contribution is 2.32. The normalized spacial score (nSPS) is 16.4. The Morgan fingerprint density at radius 3 is 2.68 bits per heavy atom. The van der Waals surface area contributed by atoms with Gasteiger partial charge in [-0.1, -0.05) is 12.1 Å². The average Bonchev–Trinajstić information content (AvgIpc) is 2.79. The van der Waals surface area contributed by atoms with Crippen molar-refractivity contribution in [3.63, 3.8) is 0 Å². The Morgan fingerprint density at radius 2 is 1.84 bits per heavy atom. The van der Waals surface area contributed by atoms with Gasteiger partial charge in [-0.05, 0) is 18.2 Å². The van der Waals surface area contributed by atoms with Gasteiger partial charge in [0.05, 0.1) is 37.3 Å². The Hall–Kier alpha value is -3.32. The van der Waals surface area contributed by atoms with Gasteiger partial charge in [0.25, 0.3) is 5.91 Å². The zero-order chi connectivity index (χ0) is 21.2. The highest BCUT2D eigenvalue weighted by Gasteiger charge is 2.25. The zero-order valence-electron chi connectivity index (χ0n) is 17.7. The largest absolute Gasteiger partial charge is 0.486 e. The molecule has 0 unspecified atom stereocenters. The molecule has 160 valence electrons. The Morgan fingerprint density at radius 1 is 1.06 bits per heavy atom. The molecule has 7 nitrogen and oxygen atoms in total. The van der Waals surface area contributed by atoms with E-state index >= 15 is 0 Å². The van der Waals surface area contributed by atoms with E-state index in [2.05, 4.69) is 52.5 Å². The summed E-state index contributed by atoms with van der Waals surface area (Å²) < 4.78 is 11.1. The lowest BCUT2D eigenvalue weighted by Crippen LogP contribution is -3.15. The minimum atomic E-state index is 0.0238. The highest BCUT2D eigenvalue weighted by atomic mass is 16.6. The lowest BCUT2D eigenvalue weighted by Gasteiger charge is -2.33. The molecule has 3 heterocycles. The molecule has 0 radical (unpaired) electrons. The summed E-state index contributed by atoms with van der Waals surface area (Å²) in [5.74, 6) is 1.44. The van der Waals surface area contributed by atoms with Crippen LogP contribution in [0.1, 0.15) is 5.69 Å². The molecule has 7 heteroatoms. The van der Waals surface area contributed by atoms with Crippen molar-refractivity contribution < 1.29 is 24.2 Å². The van der Waals surface area contributed by atoms with Crippen LogP contribution in [0, 0.1) is 6.92 Å². The number of anilines is 2. The molecular weight excluding hydrogens is 392 g/mol. The first kappa shape index (κ1) is 19.6. The number of rotatable bonds is 4. The lowest BCUT2D eigenvalue weighted by molar-refractivity contribution is -0.892. The van der Waals surface area contributed by atoms with E-state index in [9.17, 15) is 4.79 Å². The summed E-state index contributed by atoms with van der Waals surface area (Å²) >= 11 is 0. The summed E-state index contributed by atoms with van der Waals surface area (Å²) in [6, 6.07) is 16.2. The molecule has 5 rings (SSSR count). The fourth-order valence-electron chi connectivity index (χ4n) is 4.40. The number of benzene rings is 2. The summed E-state index contributed by atoms with van der Waals surface area (Å²) in [4.78, 5) is 19.8. The number of aryl methyl sites for hydroxylation is 1. The fraction of sp³-hybridized carbons (Fsp3) is 0.333. The topological polar surface area (TPSA) is 69.4 Å². The first-order valence-corrected chi connectivity index (χ1v) is 10.9. The van der Waals surface area contributed by atoms with E-state index in [1.54, 1.807) is 0 Å². The molecule has 0 atom stereocenters. The van der Waals surface area contributed by atoms with Crippen LogP contribution in [0.2, 0.25) is 0 Å². The van der Waals surface area contributed by atoms with E-state index in [-0.39, 0.29) is 5.91 Å². The number of aromatic amines is 1. The van der Waals surface area contributed by atoms with Crippen LogP contribution in [0.5, 0.6) is 11.5 Å². The maximum atomic E-state index is 12.6. The van der Waals surface area contributed by atoms with Crippen molar-refractivity contribution in [1.29, 1.82) is 0 Å². The van der Waals surface area contributed by atoms with Crippen LogP contribution in [0.25, 0.3) is 10.9 Å². The van der Waals surface area contributed by atoms with Crippen LogP contribution in [0.3, 0.4) is 0 Å². The van der Waals surface area contributed by atoms with E-state index in [0.29, 0.717) is 25.5 Å². The molecular formula is C24H28N4O3+2. The van der Waals surface area contributed by atoms with E-state index in [1.165, 1.54) is 16.0 Å². The third kappa shape index (κ3) is 4.27. The quantitative estimate of drug-likeness (QED) is 0.663. The first-order chi connectivity index (χ1) is 15.2. The van der Waals surface area contributed by atoms with Crippen molar-refractivity contribution in [2.45, 2.75) is 6.92 Å². The summed E-state index contributed by atoms with van der Waals surface area (Å²) in [6.07, 6.45) is 0. The van der Waals surface area contributed by atoms with Crippen LogP contribution in [0.15, 0.2) is 48.5 Å². The van der Waals surface area contributed by atoms with Crippen LogP contribution in [0.4, 0.5) is 11.4 Å². The van der Waals surface area contributed by atoms with Crippen LogP contribution < -0.4 is 29.6 Å². The van der Waals surface area contributed by atoms with Gasteiger partial charge in [0.1, 0.15) is 13.2 Å². The molecule has 0 spiro atoms. The molecule has 2 aliphatic rings. The molecule has 31 heavy (non-hydrogen) atoms. The number of ether oxygens (including phenoxy) is 2. The number of fused-ring (bicyclic) bond motifs is 2. The van der Waals surface area contributed by atoms with Crippen molar-refractivity contribution in [3.05, 3.63) is 54.2 Å². The Balaban J connectivity index is 1.19. The van der Waals surface area contributed by atoms with Gasteiger partial charge in [-0.2, -0.15) is 0 Å². The van der Waals surface area contributed by atoms with Gasteiger partial charge in [-0.15, -0.1) is 0 Å². The fourth-order valence-corrected chi connectivity index (χ4v) is 4.40. The van der Waals surface area contributed by atoms with Gasteiger partial charge < -0.3 is 24.6 Å². The Kier molecular flexibility index (Phi) is 5.34. The molecule has 3 aromatic rings. The summed E-state index contributed by atoms with van der Waals surface area (Å²) in [7, 11) is 0. The van der Waals surface area contributed by atoms with E-state index in [1.807, 2.05) is 18.2 Å². The van der Waals surface area contributed by atoms with E-state index in [0.717, 1.165) is 48.8 Å². The Bertz CT molecular complexity index is 1110. The number of carbonyl (C=O) groups is 1. The van der Waals surface area contributed by atoms with Crippen molar-refractivity contribution in [3.8, 4) is 11.5 Å². The van der Waals surface area contributed by atoms with E-state index in [4.69, 9.17) is 9.47 Å². The molecule has 0 aliphatic carbocycles. The van der Waals surface area contributed by atoms with Gasteiger partial charge in [0.2, 0.25) is 5.52 Å². The third-order valence-electron chi connectivity index (χ3n) is 5.94. The van der Waals surface area contributed by atoms with Gasteiger partial charge in [-0.25, -0.2) is 4.98 Å². The molecule has 1 saturated heterocycles. The number of hydrogen-bond acceptors (Lipinski definition) is 4. The van der Waals surface area contributed by atoms with Crippen molar-refractivity contribution >= 4 is 28.2 Å². The highest BCUT2D eigenvalue weighted by molar-refractivity contribution is 5.92. The number of hydrogen-bond donors (Lipinski definition) is 2. The van der Waals surface area contributed by atoms with Gasteiger partial charge in [0.15, 0.2) is 23.7 Å². The zero-order valence-corrected chi connectivity index (χ0v) is 17.7. The Labute approximate surface area is 181 Å². The van der Waals surface area contributed by atoms with Crippen molar-refractivity contribution in [1.82, 2.24) is 0 Å². The van der Waals surface area contributed by atoms with Crippen molar-refractivity contribution in [2.24, 2.45) is 0 Å². The molecule has 2 aromatic carbocycles. The summed E-state index contributed by atoms with van der Waals surface area (Å²) in [5, 5.41) is 4.24. The number of piperazine rings is 1. The molecule has 3 N–H and O–H groups in total. The van der Waals surface area contributed by atoms with Crippen LogP contribution in [-0.4, -0.2) is 51.8 Å². The standard InChI is InChI=1S/C24H26N4O3/c1-17-14-21(19-4-2-3-5-20(19)25-17)28-10-8-27(9-11-28)16-24(29)26-18-6-7-22-23(15-18)31-13-12-30-22/h2-7,14-15H,8-13,16H2,1H3,(H,26,29)/p+2. The van der Waals surface area contributed by atoms with Crippen molar-refractivity contribution in [2.75, 3.05) is 56.2 Å². The number of nitrogens with zero attached hydrogens (tertiary/aromatic N) is 1. The number of nitrogens with one attached hydrogen (secondary N) is 3. The molecule has 2 aliphatic heterocycles. The number of pyridine rings is 1. The van der Waals surface area contributed by atoms with Gasteiger partial charge in [-0.3, -0.25) is 4.79 Å². The first-order valence-electron chi connectivity index (χ1n) is 10.9.